The number of carboxylic acid groups (broad SMARTS) is 1. The van der Waals surface area contributed by atoms with Crippen LogP contribution in [0, 0.1) is 15.4 Å². The molecule has 6 N–H and O–H groups in total. The molecule has 0 unspecified atom stereocenters. The molecule has 0 bridgehead atoms. The number of rotatable bonds is 11. The number of nitrogens with two attached hydrogens (primary N) is 1. The molecule has 4 atom stereocenters. The highest BCUT2D eigenvalue weighted by Crippen LogP contribution is 2.21. The second kappa shape index (κ2) is 12.1. The molecule has 0 radical (unpaired) electrons. The zero-order valence-electron chi connectivity index (χ0n) is 17.8. The van der Waals surface area contributed by atoms with Crippen molar-refractivity contribution in [1.29, 1.82) is 0 Å². The minimum atomic E-state index is -1.11. The molecule has 0 aliphatic rings. The number of aliphatic carboxylic acids is 1. The van der Waals surface area contributed by atoms with Crippen LogP contribution in [-0.2, 0) is 20.8 Å². The van der Waals surface area contributed by atoms with Gasteiger partial charge in [0.25, 0.3) is 0 Å². The van der Waals surface area contributed by atoms with Crippen LogP contribution in [0.4, 0.5) is 0 Å². The van der Waals surface area contributed by atoms with Crippen LogP contribution in [0.15, 0.2) is 18.2 Å². The van der Waals surface area contributed by atoms with Gasteiger partial charge in [-0.3, -0.25) is 9.59 Å². The van der Waals surface area contributed by atoms with Gasteiger partial charge in [-0.2, -0.15) is 0 Å². The molecular formula is C21H32IN3O5. The molecule has 1 rings (SSSR count). The standard InChI is InChI=1S/C21H32IN3O5/c1-5-12(4)18(20(28)24-16(21(29)30)8-11(2)3)25-19(27)15(23)10-13-6-7-17(26)14(22)9-13/h6-7,9,11-12,15-16,18,26H,5,8,10,23H2,1-4H3,(H,24,28)(H,25,27)(H,29,30)/t12-,15-,16-,18-/m0/s1. The summed E-state index contributed by atoms with van der Waals surface area (Å²) in [5.41, 5.74) is 6.82. The molecule has 0 aliphatic carbocycles. The number of carbonyl (C=O) groups excluding carboxylic acids is 2. The topological polar surface area (TPSA) is 142 Å². The van der Waals surface area contributed by atoms with Crippen molar-refractivity contribution >= 4 is 40.4 Å². The SMILES string of the molecule is CC[C@H](C)[C@H](NC(=O)[C@@H](N)Cc1ccc(O)c(I)c1)C(=O)N[C@@H](CC(C)C)C(=O)O. The maximum Gasteiger partial charge on any atom is 0.326 e. The van der Waals surface area contributed by atoms with E-state index in [9.17, 15) is 24.6 Å². The largest absolute Gasteiger partial charge is 0.507 e. The summed E-state index contributed by atoms with van der Waals surface area (Å²) in [5, 5.41) is 24.2. The lowest BCUT2D eigenvalue weighted by molar-refractivity contribution is -0.143. The van der Waals surface area contributed by atoms with Gasteiger partial charge in [-0.25, -0.2) is 4.79 Å². The second-order valence-electron chi connectivity index (χ2n) is 8.00. The number of hydrogen-bond donors (Lipinski definition) is 5. The predicted molar refractivity (Wildman–Crippen MR) is 123 cm³/mol. The molecule has 30 heavy (non-hydrogen) atoms. The fourth-order valence-corrected chi connectivity index (χ4v) is 3.52. The zero-order valence-corrected chi connectivity index (χ0v) is 20.0. The quantitative estimate of drug-likeness (QED) is 0.276. The van der Waals surface area contributed by atoms with Crippen molar-refractivity contribution < 1.29 is 24.6 Å². The number of hydrogen-bond acceptors (Lipinski definition) is 5. The Kier molecular flexibility index (Phi) is 10.5. The maximum atomic E-state index is 12.8. The van der Waals surface area contributed by atoms with Crippen molar-refractivity contribution in [2.24, 2.45) is 17.6 Å². The number of halogens is 1. The smallest absolute Gasteiger partial charge is 0.326 e. The highest BCUT2D eigenvalue weighted by atomic mass is 127. The van der Waals surface area contributed by atoms with E-state index in [0.29, 0.717) is 16.4 Å². The lowest BCUT2D eigenvalue weighted by atomic mass is 9.96. The molecule has 0 spiro atoms. The Balaban J connectivity index is 2.87. The fourth-order valence-electron chi connectivity index (χ4n) is 2.94. The van der Waals surface area contributed by atoms with E-state index in [1.54, 1.807) is 12.1 Å². The van der Waals surface area contributed by atoms with Gasteiger partial charge < -0.3 is 26.6 Å². The molecular weight excluding hydrogens is 501 g/mol. The first-order valence-corrected chi connectivity index (χ1v) is 11.1. The fraction of sp³-hybridized carbons (Fsp3) is 0.571. The van der Waals surface area contributed by atoms with Crippen LogP contribution >= 0.6 is 22.6 Å². The Labute approximate surface area is 191 Å². The summed E-state index contributed by atoms with van der Waals surface area (Å²) in [7, 11) is 0. The highest BCUT2D eigenvalue weighted by molar-refractivity contribution is 14.1. The Bertz CT molecular complexity index is 756. The number of carboxylic acids is 1. The average Bonchev–Trinajstić information content (AvgIpc) is 2.66. The molecule has 1 aromatic rings. The summed E-state index contributed by atoms with van der Waals surface area (Å²) in [4.78, 5) is 36.9. The first kappa shape index (κ1) is 26.2. The third kappa shape index (κ3) is 8.10. The van der Waals surface area contributed by atoms with Gasteiger partial charge in [0.2, 0.25) is 11.8 Å². The number of phenols is 1. The van der Waals surface area contributed by atoms with Crippen molar-refractivity contribution in [3.63, 3.8) is 0 Å². The van der Waals surface area contributed by atoms with E-state index < -0.39 is 35.9 Å². The number of aromatic hydroxyl groups is 1. The molecule has 8 nitrogen and oxygen atoms in total. The lowest BCUT2D eigenvalue weighted by Crippen LogP contribution is -2.57. The van der Waals surface area contributed by atoms with E-state index in [0.717, 1.165) is 5.56 Å². The van der Waals surface area contributed by atoms with Crippen molar-refractivity contribution in [1.82, 2.24) is 10.6 Å². The summed E-state index contributed by atoms with van der Waals surface area (Å²) in [6, 6.07) is 2.17. The molecule has 0 heterocycles. The van der Waals surface area contributed by atoms with Crippen LogP contribution in [0.25, 0.3) is 0 Å². The van der Waals surface area contributed by atoms with E-state index in [-0.39, 0.29) is 24.0 Å². The van der Waals surface area contributed by atoms with Gasteiger partial charge in [-0.15, -0.1) is 0 Å². The Morgan fingerprint density at radius 2 is 1.77 bits per heavy atom. The Morgan fingerprint density at radius 3 is 2.27 bits per heavy atom. The summed E-state index contributed by atoms with van der Waals surface area (Å²) in [6.45, 7) is 7.45. The Morgan fingerprint density at radius 1 is 1.13 bits per heavy atom. The van der Waals surface area contributed by atoms with Crippen LogP contribution in [-0.4, -0.2) is 46.1 Å². The molecule has 168 valence electrons. The zero-order chi connectivity index (χ0) is 23.0. The summed E-state index contributed by atoms with van der Waals surface area (Å²) in [5.74, 6) is -2.09. The van der Waals surface area contributed by atoms with Gasteiger partial charge in [-0.1, -0.05) is 40.2 Å². The molecule has 9 heteroatoms. The average molecular weight is 533 g/mol. The molecule has 2 amide bonds. The van der Waals surface area contributed by atoms with E-state index >= 15 is 0 Å². The van der Waals surface area contributed by atoms with Gasteiger partial charge in [0.15, 0.2) is 0 Å². The van der Waals surface area contributed by atoms with Crippen LogP contribution in [0.2, 0.25) is 0 Å². The summed E-state index contributed by atoms with van der Waals surface area (Å²) >= 11 is 1.99. The van der Waals surface area contributed by atoms with Crippen molar-refractivity contribution in [3.8, 4) is 5.75 Å². The number of nitrogens with one attached hydrogen (secondary N) is 2. The molecule has 0 saturated carbocycles. The third-order valence-electron chi connectivity index (χ3n) is 4.92. The van der Waals surface area contributed by atoms with Crippen molar-refractivity contribution in [2.75, 3.05) is 0 Å². The number of phenolic OH excluding ortho intramolecular Hbond substituents is 1. The highest BCUT2D eigenvalue weighted by Gasteiger charge is 2.31. The van der Waals surface area contributed by atoms with Crippen LogP contribution in [0.5, 0.6) is 5.75 Å². The summed E-state index contributed by atoms with van der Waals surface area (Å²) in [6.07, 6.45) is 1.15. The van der Waals surface area contributed by atoms with Crippen LogP contribution in [0.1, 0.15) is 46.1 Å². The van der Waals surface area contributed by atoms with E-state index in [4.69, 9.17) is 5.73 Å². The Hall–Kier alpha value is -1.88. The third-order valence-corrected chi connectivity index (χ3v) is 5.78. The predicted octanol–water partition coefficient (Wildman–Crippen LogP) is 2.01. The minimum absolute atomic E-state index is 0.0876. The minimum Gasteiger partial charge on any atom is -0.507 e. The molecule has 1 aromatic carbocycles. The molecule has 0 aliphatic heterocycles. The molecule has 0 saturated heterocycles. The van der Waals surface area contributed by atoms with Crippen molar-refractivity contribution in [2.45, 2.75) is 65.1 Å². The van der Waals surface area contributed by atoms with Gasteiger partial charge >= 0.3 is 5.97 Å². The monoisotopic (exact) mass is 533 g/mol. The van der Waals surface area contributed by atoms with Gasteiger partial charge in [0.1, 0.15) is 17.8 Å². The van der Waals surface area contributed by atoms with Gasteiger partial charge in [0, 0.05) is 0 Å². The van der Waals surface area contributed by atoms with E-state index in [1.165, 1.54) is 6.07 Å². The normalized spacial score (nSPS) is 15.2. The van der Waals surface area contributed by atoms with Crippen LogP contribution in [0.3, 0.4) is 0 Å². The van der Waals surface area contributed by atoms with E-state index in [2.05, 4.69) is 10.6 Å². The lowest BCUT2D eigenvalue weighted by Gasteiger charge is -2.27. The number of carbonyl (C=O) groups is 3. The second-order valence-corrected chi connectivity index (χ2v) is 9.16. The summed E-state index contributed by atoms with van der Waals surface area (Å²) < 4.78 is 0.652. The molecule has 0 aromatic heterocycles. The first-order chi connectivity index (χ1) is 14.0. The molecule has 0 fully saturated rings. The number of amides is 2. The van der Waals surface area contributed by atoms with Gasteiger partial charge in [-0.05, 0) is 65.0 Å². The number of benzene rings is 1. The van der Waals surface area contributed by atoms with Gasteiger partial charge in [0.05, 0.1) is 9.61 Å². The van der Waals surface area contributed by atoms with Crippen LogP contribution < -0.4 is 16.4 Å². The van der Waals surface area contributed by atoms with Crippen molar-refractivity contribution in [3.05, 3.63) is 27.3 Å². The first-order valence-electron chi connectivity index (χ1n) is 10.0. The maximum absolute atomic E-state index is 12.8. The van der Waals surface area contributed by atoms with E-state index in [1.807, 2.05) is 50.3 Å².